The van der Waals surface area contributed by atoms with Crippen molar-refractivity contribution >= 4 is 34.0 Å². The first kappa shape index (κ1) is 22.4. The zero-order chi connectivity index (χ0) is 16.6. The Hall–Kier alpha value is -0.570. The van der Waals surface area contributed by atoms with Crippen molar-refractivity contribution in [3.8, 4) is 5.75 Å². The topological polar surface area (TPSA) is 90.6 Å². The van der Waals surface area contributed by atoms with Crippen LogP contribution in [0.3, 0.4) is 0 Å². The highest BCUT2D eigenvalue weighted by Crippen LogP contribution is 2.28. The van der Waals surface area contributed by atoms with E-state index in [1.807, 2.05) is 0 Å². The Labute approximate surface area is 149 Å². The van der Waals surface area contributed by atoms with Crippen molar-refractivity contribution in [3.63, 3.8) is 0 Å². The van der Waals surface area contributed by atoms with Gasteiger partial charge in [-0.15, -0.1) is 12.4 Å². The van der Waals surface area contributed by atoms with Gasteiger partial charge in [0.2, 0.25) is 10.0 Å². The Balaban J connectivity index is 0.00000484. The highest BCUT2D eigenvalue weighted by atomic mass is 35.5. The zero-order valence-electron chi connectivity index (χ0n) is 13.2. The molecule has 9 heteroatoms. The predicted molar refractivity (Wildman–Crippen MR) is 94.1 cm³/mol. The smallest absolute Gasteiger partial charge is 0.244 e. The quantitative estimate of drug-likeness (QED) is 0.601. The lowest BCUT2D eigenvalue weighted by molar-refractivity contribution is 0.0901. The number of nitrogens with one attached hydrogen (secondary N) is 1. The van der Waals surface area contributed by atoms with E-state index in [2.05, 4.69) is 4.72 Å². The molecule has 23 heavy (non-hydrogen) atoms. The second-order valence-electron chi connectivity index (χ2n) is 4.87. The minimum atomic E-state index is -3.70. The minimum Gasteiger partial charge on any atom is -0.487 e. The summed E-state index contributed by atoms with van der Waals surface area (Å²) in [4.78, 5) is 0.0238. The summed E-state index contributed by atoms with van der Waals surface area (Å²) in [5, 5.41) is 0.328. The van der Waals surface area contributed by atoms with Crippen LogP contribution in [0.15, 0.2) is 23.1 Å². The largest absolute Gasteiger partial charge is 0.487 e. The number of hydrogen-bond acceptors (Lipinski definition) is 5. The fraction of sp³-hybridized carbons (Fsp3) is 0.571. The summed E-state index contributed by atoms with van der Waals surface area (Å²) in [5.74, 6) is 0.250. The predicted octanol–water partition coefficient (Wildman–Crippen LogP) is 2.19. The molecule has 3 N–H and O–H groups in total. The van der Waals surface area contributed by atoms with Crippen LogP contribution in [0, 0.1) is 0 Å². The van der Waals surface area contributed by atoms with Crippen molar-refractivity contribution in [2.45, 2.75) is 30.8 Å². The molecule has 1 aromatic rings. The van der Waals surface area contributed by atoms with Crippen LogP contribution in [-0.2, 0) is 14.8 Å². The second-order valence-corrected chi connectivity index (χ2v) is 7.04. The summed E-state index contributed by atoms with van der Waals surface area (Å²) in [6.07, 6.45) is 1.15. The minimum absolute atomic E-state index is 0. The van der Waals surface area contributed by atoms with Crippen LogP contribution in [0.5, 0.6) is 5.75 Å². The summed E-state index contributed by atoms with van der Waals surface area (Å²) in [5.41, 5.74) is 5.39. The van der Waals surface area contributed by atoms with Gasteiger partial charge in [-0.25, -0.2) is 13.1 Å². The molecule has 1 atom stereocenters. The van der Waals surface area contributed by atoms with Crippen LogP contribution in [0.1, 0.15) is 19.8 Å². The van der Waals surface area contributed by atoms with Gasteiger partial charge in [0, 0.05) is 18.7 Å². The average Bonchev–Trinajstić information content (AvgIpc) is 2.46. The molecule has 0 aliphatic carbocycles. The lowest BCUT2D eigenvalue weighted by atomic mass is 10.3. The Morgan fingerprint density at radius 2 is 2.04 bits per heavy atom. The number of methoxy groups -OCH3 is 1. The summed E-state index contributed by atoms with van der Waals surface area (Å²) in [6.45, 7) is 3.00. The van der Waals surface area contributed by atoms with Crippen molar-refractivity contribution in [2.24, 2.45) is 5.73 Å². The summed E-state index contributed by atoms with van der Waals surface area (Å²) in [7, 11) is -2.14. The third kappa shape index (κ3) is 7.69. The SMILES string of the molecule is COCC(C)Oc1ccc(Cl)cc1S(=O)(=O)NCCCCN.Cl. The molecule has 134 valence electrons. The molecule has 1 rings (SSSR count). The van der Waals surface area contributed by atoms with Gasteiger partial charge in [0.1, 0.15) is 16.7 Å². The van der Waals surface area contributed by atoms with E-state index in [1.165, 1.54) is 6.07 Å². The van der Waals surface area contributed by atoms with E-state index in [9.17, 15) is 8.42 Å². The van der Waals surface area contributed by atoms with Gasteiger partial charge in [-0.3, -0.25) is 0 Å². The number of ether oxygens (including phenoxy) is 2. The zero-order valence-corrected chi connectivity index (χ0v) is 15.6. The Morgan fingerprint density at radius 3 is 2.65 bits per heavy atom. The normalized spacial score (nSPS) is 12.5. The van der Waals surface area contributed by atoms with Gasteiger partial charge in [-0.1, -0.05) is 11.6 Å². The molecule has 0 amide bonds. The molecule has 1 unspecified atom stereocenters. The van der Waals surface area contributed by atoms with Crippen molar-refractivity contribution in [3.05, 3.63) is 23.2 Å². The molecule has 0 saturated carbocycles. The molecule has 0 fully saturated rings. The van der Waals surface area contributed by atoms with E-state index in [0.29, 0.717) is 31.1 Å². The van der Waals surface area contributed by atoms with Gasteiger partial charge in [-0.05, 0) is 44.5 Å². The number of unbranched alkanes of at least 4 members (excludes halogenated alkanes) is 1. The van der Waals surface area contributed by atoms with E-state index in [4.69, 9.17) is 26.8 Å². The number of nitrogens with two attached hydrogens (primary N) is 1. The highest BCUT2D eigenvalue weighted by Gasteiger charge is 2.21. The molecular formula is C14H24Cl2N2O4S. The van der Waals surface area contributed by atoms with Crippen LogP contribution < -0.4 is 15.2 Å². The molecule has 0 saturated heterocycles. The van der Waals surface area contributed by atoms with Crippen molar-refractivity contribution in [1.82, 2.24) is 4.72 Å². The number of benzene rings is 1. The summed E-state index contributed by atoms with van der Waals surface area (Å²) >= 11 is 5.92. The number of rotatable bonds is 10. The van der Waals surface area contributed by atoms with Gasteiger partial charge in [0.25, 0.3) is 0 Å². The number of hydrogen-bond donors (Lipinski definition) is 2. The molecule has 0 aromatic heterocycles. The highest BCUT2D eigenvalue weighted by molar-refractivity contribution is 7.89. The first-order valence-electron chi connectivity index (χ1n) is 7.05. The molecule has 0 aliphatic rings. The van der Waals surface area contributed by atoms with Gasteiger partial charge in [0.05, 0.1) is 6.61 Å². The Bertz CT molecular complexity index is 570. The average molecular weight is 387 g/mol. The Kier molecular flexibility index (Phi) is 10.8. The third-order valence-electron chi connectivity index (χ3n) is 2.85. The van der Waals surface area contributed by atoms with Crippen LogP contribution in [0.25, 0.3) is 0 Å². The molecule has 1 aromatic carbocycles. The molecule has 0 bridgehead atoms. The van der Waals surface area contributed by atoms with Gasteiger partial charge >= 0.3 is 0 Å². The molecule has 0 radical (unpaired) electrons. The molecule has 0 aliphatic heterocycles. The monoisotopic (exact) mass is 386 g/mol. The number of halogens is 2. The summed E-state index contributed by atoms with van der Waals surface area (Å²) in [6, 6.07) is 4.51. The van der Waals surface area contributed by atoms with E-state index < -0.39 is 10.0 Å². The Morgan fingerprint density at radius 1 is 1.35 bits per heavy atom. The second kappa shape index (κ2) is 11.1. The van der Waals surface area contributed by atoms with Gasteiger partial charge < -0.3 is 15.2 Å². The summed E-state index contributed by atoms with van der Waals surface area (Å²) < 4.78 is 37.9. The third-order valence-corrected chi connectivity index (χ3v) is 4.57. The van der Waals surface area contributed by atoms with Crippen molar-refractivity contribution < 1.29 is 17.9 Å². The molecule has 0 spiro atoms. The fourth-order valence-corrected chi connectivity index (χ4v) is 3.30. The van der Waals surface area contributed by atoms with Gasteiger partial charge in [-0.2, -0.15) is 0 Å². The standard InChI is InChI=1S/C14H23ClN2O4S.ClH/c1-11(10-20-2)21-13-6-5-12(15)9-14(13)22(18,19)17-8-4-3-7-16;/h5-6,9,11,17H,3-4,7-8,10,16H2,1-2H3;1H. The van der Waals surface area contributed by atoms with Crippen LogP contribution in [-0.4, -0.2) is 41.3 Å². The fourth-order valence-electron chi connectivity index (χ4n) is 1.83. The van der Waals surface area contributed by atoms with Gasteiger partial charge in [0.15, 0.2) is 0 Å². The molecule has 6 nitrogen and oxygen atoms in total. The maximum Gasteiger partial charge on any atom is 0.244 e. The molecular weight excluding hydrogens is 363 g/mol. The number of sulfonamides is 1. The van der Waals surface area contributed by atoms with E-state index >= 15 is 0 Å². The van der Waals surface area contributed by atoms with Crippen molar-refractivity contribution in [2.75, 3.05) is 26.8 Å². The van der Waals surface area contributed by atoms with Crippen molar-refractivity contribution in [1.29, 1.82) is 0 Å². The lowest BCUT2D eigenvalue weighted by Crippen LogP contribution is -2.27. The van der Waals surface area contributed by atoms with E-state index in [1.54, 1.807) is 26.2 Å². The first-order valence-corrected chi connectivity index (χ1v) is 8.91. The maximum atomic E-state index is 12.4. The first-order chi connectivity index (χ1) is 10.4. The molecule has 0 heterocycles. The van der Waals surface area contributed by atoms with Crippen LogP contribution >= 0.6 is 24.0 Å². The lowest BCUT2D eigenvalue weighted by Gasteiger charge is -2.17. The van der Waals surface area contributed by atoms with E-state index in [0.717, 1.165) is 6.42 Å². The van der Waals surface area contributed by atoms with E-state index in [-0.39, 0.29) is 29.2 Å². The van der Waals surface area contributed by atoms with Crippen LogP contribution in [0.4, 0.5) is 0 Å². The van der Waals surface area contributed by atoms with Crippen LogP contribution in [0.2, 0.25) is 5.02 Å². The maximum absolute atomic E-state index is 12.4.